The topological polar surface area (TPSA) is 60.0 Å². The lowest BCUT2D eigenvalue weighted by Crippen LogP contribution is -2.19. The lowest BCUT2D eigenvalue weighted by atomic mass is 10.3. The minimum atomic E-state index is -0.139. The number of hydrogen-bond donors (Lipinski definition) is 2. The number of amides is 1. The largest absolute Gasteiger partial charge is 0.384 e. The molecule has 0 saturated carbocycles. The molecule has 1 heterocycles. The third kappa shape index (κ3) is 1.28. The number of carbonyl (C=O) groups is 1. The third-order valence-corrected chi connectivity index (χ3v) is 1.82. The zero-order valence-corrected chi connectivity index (χ0v) is 7.29. The Bertz CT molecular complexity index is 290. The van der Waals surface area contributed by atoms with Gasteiger partial charge in [0.2, 0.25) is 0 Å². The lowest BCUT2D eigenvalue weighted by molar-refractivity contribution is 0.0964. The number of nitrogens with two attached hydrogens (primary N) is 1. The first-order valence-electron chi connectivity index (χ1n) is 3.87. The number of hydrogen-bond acceptors (Lipinski definition) is 2. The maximum absolute atomic E-state index is 11.2. The number of carbonyl (C=O) groups excluding carboxylic acids is 1. The molecule has 66 valence electrons. The quantitative estimate of drug-likeness (QED) is 0.671. The van der Waals surface area contributed by atoms with Crippen molar-refractivity contribution in [1.29, 1.82) is 0 Å². The SMILES string of the molecule is CCn1ccc(C(=O)NC)c1N. The first-order chi connectivity index (χ1) is 5.70. The second-order valence-electron chi connectivity index (χ2n) is 2.48. The molecule has 0 spiro atoms. The smallest absolute Gasteiger partial charge is 0.254 e. The summed E-state index contributed by atoms with van der Waals surface area (Å²) in [7, 11) is 1.59. The average molecular weight is 167 g/mol. The van der Waals surface area contributed by atoms with E-state index in [-0.39, 0.29) is 5.91 Å². The Labute approximate surface area is 71.4 Å². The second kappa shape index (κ2) is 3.30. The summed E-state index contributed by atoms with van der Waals surface area (Å²) in [5, 5.41) is 2.53. The molecule has 1 aromatic rings. The van der Waals surface area contributed by atoms with E-state index in [9.17, 15) is 4.79 Å². The van der Waals surface area contributed by atoms with Crippen molar-refractivity contribution >= 4 is 11.7 Å². The molecule has 1 aromatic heterocycles. The minimum absolute atomic E-state index is 0.139. The van der Waals surface area contributed by atoms with E-state index in [4.69, 9.17) is 5.73 Å². The molecular weight excluding hydrogens is 154 g/mol. The Kier molecular flexibility index (Phi) is 2.38. The summed E-state index contributed by atoms with van der Waals surface area (Å²) in [6.07, 6.45) is 1.81. The molecular formula is C8H13N3O. The zero-order valence-electron chi connectivity index (χ0n) is 7.29. The molecule has 1 rings (SSSR count). The average Bonchev–Trinajstić information content (AvgIpc) is 2.45. The lowest BCUT2D eigenvalue weighted by Gasteiger charge is -2.02. The van der Waals surface area contributed by atoms with Crippen LogP contribution in [0.15, 0.2) is 12.3 Å². The molecule has 3 N–H and O–H groups in total. The van der Waals surface area contributed by atoms with Crippen LogP contribution in [0.1, 0.15) is 17.3 Å². The normalized spacial score (nSPS) is 9.83. The van der Waals surface area contributed by atoms with Crippen LogP contribution in [0.2, 0.25) is 0 Å². The Morgan fingerprint density at radius 3 is 2.83 bits per heavy atom. The zero-order chi connectivity index (χ0) is 9.14. The predicted octanol–water partition coefficient (Wildman–Crippen LogP) is 0.450. The van der Waals surface area contributed by atoms with E-state index in [1.54, 1.807) is 19.3 Å². The van der Waals surface area contributed by atoms with Crippen LogP contribution >= 0.6 is 0 Å². The van der Waals surface area contributed by atoms with Gasteiger partial charge in [-0.1, -0.05) is 0 Å². The van der Waals surface area contributed by atoms with Crippen molar-refractivity contribution in [2.24, 2.45) is 0 Å². The molecule has 0 unspecified atom stereocenters. The molecule has 0 aliphatic carbocycles. The highest BCUT2D eigenvalue weighted by Gasteiger charge is 2.10. The van der Waals surface area contributed by atoms with E-state index in [1.807, 2.05) is 11.5 Å². The van der Waals surface area contributed by atoms with Crippen LogP contribution < -0.4 is 11.1 Å². The number of aromatic nitrogens is 1. The number of nitrogens with zero attached hydrogens (tertiary/aromatic N) is 1. The van der Waals surface area contributed by atoms with Crippen LogP contribution in [-0.2, 0) is 6.54 Å². The van der Waals surface area contributed by atoms with Gasteiger partial charge in [0.05, 0.1) is 5.56 Å². The molecule has 0 atom stereocenters. The number of nitrogen functional groups attached to an aromatic ring is 1. The van der Waals surface area contributed by atoms with Crippen LogP contribution in [0.3, 0.4) is 0 Å². The van der Waals surface area contributed by atoms with Gasteiger partial charge >= 0.3 is 0 Å². The fourth-order valence-electron chi connectivity index (χ4n) is 1.09. The van der Waals surface area contributed by atoms with Crippen molar-refractivity contribution in [2.45, 2.75) is 13.5 Å². The van der Waals surface area contributed by atoms with Gasteiger partial charge in [0, 0.05) is 19.8 Å². The van der Waals surface area contributed by atoms with Crippen molar-refractivity contribution in [3.8, 4) is 0 Å². The van der Waals surface area contributed by atoms with Crippen LogP contribution in [0.4, 0.5) is 5.82 Å². The molecule has 4 nitrogen and oxygen atoms in total. The van der Waals surface area contributed by atoms with E-state index < -0.39 is 0 Å². The molecule has 0 fully saturated rings. The molecule has 12 heavy (non-hydrogen) atoms. The van der Waals surface area contributed by atoms with Crippen molar-refractivity contribution in [2.75, 3.05) is 12.8 Å². The first-order valence-corrected chi connectivity index (χ1v) is 3.87. The Balaban J connectivity index is 3.02. The van der Waals surface area contributed by atoms with E-state index in [0.29, 0.717) is 11.4 Å². The van der Waals surface area contributed by atoms with Gasteiger partial charge in [-0.15, -0.1) is 0 Å². The molecule has 0 aliphatic rings. The van der Waals surface area contributed by atoms with Crippen molar-refractivity contribution < 1.29 is 4.79 Å². The minimum Gasteiger partial charge on any atom is -0.384 e. The van der Waals surface area contributed by atoms with Crippen molar-refractivity contribution in [1.82, 2.24) is 9.88 Å². The monoisotopic (exact) mass is 167 g/mol. The molecule has 0 saturated heterocycles. The summed E-state index contributed by atoms with van der Waals surface area (Å²) in [6, 6.07) is 1.72. The maximum Gasteiger partial charge on any atom is 0.254 e. The standard InChI is InChI=1S/C8H13N3O/c1-3-11-5-4-6(7(11)9)8(12)10-2/h4-5H,3,9H2,1-2H3,(H,10,12). The molecule has 1 amide bonds. The Hall–Kier alpha value is -1.45. The summed E-state index contributed by atoms with van der Waals surface area (Å²) in [5.74, 6) is 0.386. The van der Waals surface area contributed by atoms with Crippen LogP contribution in [0.25, 0.3) is 0 Å². The molecule has 0 aliphatic heterocycles. The highest BCUT2D eigenvalue weighted by Crippen LogP contribution is 2.12. The van der Waals surface area contributed by atoms with Gasteiger partial charge < -0.3 is 15.6 Å². The van der Waals surface area contributed by atoms with Crippen LogP contribution in [-0.4, -0.2) is 17.5 Å². The van der Waals surface area contributed by atoms with Gasteiger partial charge in [-0.25, -0.2) is 0 Å². The maximum atomic E-state index is 11.2. The summed E-state index contributed by atoms with van der Waals surface area (Å²) < 4.78 is 1.82. The number of aryl methyl sites for hydroxylation is 1. The molecule has 4 heteroatoms. The van der Waals surface area contributed by atoms with E-state index in [0.717, 1.165) is 6.54 Å². The fraction of sp³-hybridized carbons (Fsp3) is 0.375. The van der Waals surface area contributed by atoms with E-state index >= 15 is 0 Å². The second-order valence-corrected chi connectivity index (χ2v) is 2.48. The predicted molar refractivity (Wildman–Crippen MR) is 47.9 cm³/mol. The van der Waals surface area contributed by atoms with Crippen molar-refractivity contribution in [3.63, 3.8) is 0 Å². The van der Waals surface area contributed by atoms with Gasteiger partial charge in [-0.2, -0.15) is 0 Å². The summed E-state index contributed by atoms with van der Waals surface area (Å²) in [6.45, 7) is 2.76. The van der Waals surface area contributed by atoms with Gasteiger partial charge in [-0.3, -0.25) is 4.79 Å². The fourth-order valence-corrected chi connectivity index (χ4v) is 1.09. The number of nitrogens with one attached hydrogen (secondary N) is 1. The highest BCUT2D eigenvalue weighted by molar-refractivity contribution is 5.98. The third-order valence-electron chi connectivity index (χ3n) is 1.82. The first kappa shape index (κ1) is 8.64. The number of anilines is 1. The van der Waals surface area contributed by atoms with Crippen LogP contribution in [0.5, 0.6) is 0 Å². The summed E-state index contributed by atoms with van der Waals surface area (Å²) in [4.78, 5) is 11.2. The Morgan fingerprint density at radius 1 is 1.75 bits per heavy atom. The number of rotatable bonds is 2. The van der Waals surface area contributed by atoms with Gasteiger partial charge in [0.15, 0.2) is 0 Å². The van der Waals surface area contributed by atoms with Gasteiger partial charge in [0.1, 0.15) is 5.82 Å². The Morgan fingerprint density at radius 2 is 2.42 bits per heavy atom. The van der Waals surface area contributed by atoms with Crippen molar-refractivity contribution in [3.05, 3.63) is 17.8 Å². The molecule has 0 bridgehead atoms. The summed E-state index contributed by atoms with van der Waals surface area (Å²) in [5.41, 5.74) is 6.23. The van der Waals surface area contributed by atoms with Crippen LogP contribution in [0, 0.1) is 0 Å². The molecule has 0 aromatic carbocycles. The van der Waals surface area contributed by atoms with E-state index in [1.165, 1.54) is 0 Å². The molecule has 0 radical (unpaired) electrons. The van der Waals surface area contributed by atoms with Gasteiger partial charge in [0.25, 0.3) is 5.91 Å². The van der Waals surface area contributed by atoms with Gasteiger partial charge in [-0.05, 0) is 13.0 Å². The van der Waals surface area contributed by atoms with E-state index in [2.05, 4.69) is 5.32 Å². The summed E-state index contributed by atoms with van der Waals surface area (Å²) >= 11 is 0. The highest BCUT2D eigenvalue weighted by atomic mass is 16.1.